The van der Waals surface area contributed by atoms with E-state index in [9.17, 15) is 0 Å². The summed E-state index contributed by atoms with van der Waals surface area (Å²) in [5, 5.41) is 17.7. The number of nitrogens with one attached hydrogen (secondary N) is 3. The van der Waals surface area contributed by atoms with Crippen molar-refractivity contribution in [1.82, 2.24) is 20.8 Å². The Morgan fingerprint density at radius 3 is 3.00 bits per heavy atom. The summed E-state index contributed by atoms with van der Waals surface area (Å²) in [5.41, 5.74) is 2.40. The van der Waals surface area contributed by atoms with Crippen LogP contribution in [-0.2, 0) is 6.54 Å². The largest absolute Gasteiger partial charge is 0.356 e. The first-order valence-electron chi connectivity index (χ1n) is 6.24. The van der Waals surface area contributed by atoms with Gasteiger partial charge in [0, 0.05) is 19.8 Å². The van der Waals surface area contributed by atoms with Crippen LogP contribution in [-0.4, -0.2) is 29.7 Å². The second-order valence-corrected chi connectivity index (χ2v) is 5.13. The number of guanidine groups is 1. The number of nitrogens with zero attached hydrogens (tertiary/aromatic N) is 2. The third kappa shape index (κ3) is 4.10. The number of aromatic amines is 1. The lowest BCUT2D eigenvalue weighted by molar-refractivity contribution is 0.698. The van der Waals surface area contributed by atoms with Crippen LogP contribution in [0.25, 0.3) is 0 Å². The molecule has 0 aliphatic carbocycles. The van der Waals surface area contributed by atoms with Gasteiger partial charge in [-0.1, -0.05) is 6.92 Å². The molecule has 0 aliphatic rings. The molecule has 3 N–H and O–H groups in total. The number of rotatable bonds is 5. The number of aliphatic imine (C=N–C) groups is 1. The maximum Gasteiger partial charge on any atom is 0.191 e. The van der Waals surface area contributed by atoms with Gasteiger partial charge in [-0.15, -0.1) is 0 Å². The Hall–Kier alpha value is -1.82. The first-order chi connectivity index (χ1) is 9.29. The van der Waals surface area contributed by atoms with Crippen LogP contribution in [0, 0.1) is 0 Å². The lowest BCUT2D eigenvalue weighted by atomic mass is 10.1. The molecule has 2 heterocycles. The summed E-state index contributed by atoms with van der Waals surface area (Å²) in [4.78, 5) is 4.20. The lowest BCUT2D eigenvalue weighted by Crippen LogP contribution is -2.38. The van der Waals surface area contributed by atoms with Gasteiger partial charge < -0.3 is 10.6 Å². The van der Waals surface area contributed by atoms with Crippen molar-refractivity contribution in [3.05, 3.63) is 40.3 Å². The van der Waals surface area contributed by atoms with Gasteiger partial charge in [-0.25, -0.2) is 0 Å². The molecular formula is C13H19N5S. The van der Waals surface area contributed by atoms with Gasteiger partial charge in [-0.3, -0.25) is 10.1 Å². The molecule has 2 rings (SSSR count). The highest BCUT2D eigenvalue weighted by Gasteiger charge is 2.06. The zero-order valence-corrected chi connectivity index (χ0v) is 12.0. The summed E-state index contributed by atoms with van der Waals surface area (Å²) in [6, 6.07) is 4.10. The first-order valence-corrected chi connectivity index (χ1v) is 7.18. The quantitative estimate of drug-likeness (QED) is 0.578. The number of hydrogen-bond donors (Lipinski definition) is 3. The molecule has 0 radical (unpaired) electrons. The summed E-state index contributed by atoms with van der Waals surface area (Å²) in [5.74, 6) is 1.27. The van der Waals surface area contributed by atoms with Crippen LogP contribution < -0.4 is 10.6 Å². The molecule has 19 heavy (non-hydrogen) atoms. The monoisotopic (exact) mass is 277 g/mol. The predicted octanol–water partition coefficient (Wildman–Crippen LogP) is 1.94. The van der Waals surface area contributed by atoms with Gasteiger partial charge >= 0.3 is 0 Å². The minimum Gasteiger partial charge on any atom is -0.356 e. The third-order valence-corrected chi connectivity index (χ3v) is 3.62. The van der Waals surface area contributed by atoms with E-state index in [1.54, 1.807) is 24.6 Å². The SMILES string of the molecule is CN=C(NCc1ccn[nH]1)NCC(C)c1ccsc1. The molecule has 102 valence electrons. The number of thiophene rings is 1. The standard InChI is InChI=1S/C13H19N5S/c1-10(11-4-6-19-9-11)7-15-13(14-2)16-8-12-3-5-17-18-12/h3-6,9-10H,7-8H2,1-2H3,(H,17,18)(H2,14,15,16). The van der Waals surface area contributed by atoms with E-state index in [1.165, 1.54) is 5.56 Å². The minimum atomic E-state index is 0.469. The minimum absolute atomic E-state index is 0.469. The Morgan fingerprint density at radius 2 is 2.37 bits per heavy atom. The highest BCUT2D eigenvalue weighted by molar-refractivity contribution is 7.07. The normalized spacial score (nSPS) is 13.3. The smallest absolute Gasteiger partial charge is 0.191 e. The Kier molecular flexibility index (Phi) is 4.97. The summed E-state index contributed by atoms with van der Waals surface area (Å²) in [7, 11) is 1.78. The maximum atomic E-state index is 4.20. The van der Waals surface area contributed by atoms with Crippen LogP contribution in [0.3, 0.4) is 0 Å². The fraction of sp³-hybridized carbons (Fsp3) is 0.385. The summed E-state index contributed by atoms with van der Waals surface area (Å²) in [6.45, 7) is 3.75. The molecule has 0 saturated heterocycles. The zero-order valence-electron chi connectivity index (χ0n) is 11.2. The molecule has 5 nitrogen and oxygen atoms in total. The first kappa shape index (κ1) is 13.6. The predicted molar refractivity (Wildman–Crippen MR) is 79.5 cm³/mol. The second-order valence-electron chi connectivity index (χ2n) is 4.35. The van der Waals surface area contributed by atoms with E-state index >= 15 is 0 Å². The van der Waals surface area contributed by atoms with E-state index in [0.29, 0.717) is 12.5 Å². The summed E-state index contributed by atoms with van der Waals surface area (Å²) >= 11 is 1.73. The van der Waals surface area contributed by atoms with Crippen LogP contribution in [0.4, 0.5) is 0 Å². The van der Waals surface area contributed by atoms with E-state index in [1.807, 2.05) is 6.07 Å². The number of aromatic nitrogens is 2. The molecule has 2 aromatic heterocycles. The van der Waals surface area contributed by atoms with Gasteiger partial charge in [-0.05, 0) is 34.4 Å². The Balaban J connectivity index is 1.76. The molecule has 1 unspecified atom stereocenters. The van der Waals surface area contributed by atoms with E-state index in [-0.39, 0.29) is 0 Å². The highest BCUT2D eigenvalue weighted by Crippen LogP contribution is 2.16. The summed E-state index contributed by atoms with van der Waals surface area (Å²) < 4.78 is 0. The van der Waals surface area contributed by atoms with Crippen LogP contribution in [0.15, 0.2) is 34.1 Å². The van der Waals surface area contributed by atoms with E-state index in [0.717, 1.165) is 18.2 Å². The van der Waals surface area contributed by atoms with Crippen molar-refractivity contribution in [2.45, 2.75) is 19.4 Å². The molecular weight excluding hydrogens is 258 g/mol. The highest BCUT2D eigenvalue weighted by atomic mass is 32.1. The van der Waals surface area contributed by atoms with Gasteiger partial charge in [0.2, 0.25) is 0 Å². The number of H-pyrrole nitrogens is 1. The molecule has 0 spiro atoms. The fourth-order valence-electron chi connectivity index (χ4n) is 1.71. The maximum absolute atomic E-state index is 4.20. The Bertz CT molecular complexity index is 489. The van der Waals surface area contributed by atoms with Crippen molar-refractivity contribution in [2.75, 3.05) is 13.6 Å². The average Bonchev–Trinajstić information content (AvgIpc) is 3.11. The van der Waals surface area contributed by atoms with Crippen LogP contribution >= 0.6 is 11.3 Å². The van der Waals surface area contributed by atoms with Gasteiger partial charge in [0.05, 0.1) is 12.2 Å². The number of hydrogen-bond acceptors (Lipinski definition) is 3. The van der Waals surface area contributed by atoms with E-state index in [2.05, 4.69) is 49.6 Å². The van der Waals surface area contributed by atoms with Crippen molar-refractivity contribution >= 4 is 17.3 Å². The second kappa shape index (κ2) is 6.94. The molecule has 0 fully saturated rings. The van der Waals surface area contributed by atoms with Crippen LogP contribution in [0.5, 0.6) is 0 Å². The molecule has 0 aliphatic heterocycles. The Labute approximate surface area is 117 Å². The van der Waals surface area contributed by atoms with E-state index in [4.69, 9.17) is 0 Å². The molecule has 1 atom stereocenters. The fourth-order valence-corrected chi connectivity index (χ4v) is 2.49. The van der Waals surface area contributed by atoms with Crippen molar-refractivity contribution < 1.29 is 0 Å². The van der Waals surface area contributed by atoms with Crippen molar-refractivity contribution in [1.29, 1.82) is 0 Å². The molecule has 6 heteroatoms. The molecule has 0 aromatic carbocycles. The molecule has 2 aromatic rings. The van der Waals surface area contributed by atoms with Crippen LogP contribution in [0.2, 0.25) is 0 Å². The topological polar surface area (TPSA) is 65.1 Å². The molecule has 0 saturated carbocycles. The van der Waals surface area contributed by atoms with E-state index < -0.39 is 0 Å². The van der Waals surface area contributed by atoms with Gasteiger partial charge in [-0.2, -0.15) is 16.4 Å². The summed E-state index contributed by atoms with van der Waals surface area (Å²) in [6.07, 6.45) is 1.74. The molecule has 0 bridgehead atoms. The van der Waals surface area contributed by atoms with Crippen molar-refractivity contribution in [3.8, 4) is 0 Å². The average molecular weight is 277 g/mol. The van der Waals surface area contributed by atoms with Gasteiger partial charge in [0.25, 0.3) is 0 Å². The zero-order chi connectivity index (χ0) is 13.5. The van der Waals surface area contributed by atoms with Gasteiger partial charge in [0.15, 0.2) is 5.96 Å². The van der Waals surface area contributed by atoms with Crippen molar-refractivity contribution in [3.63, 3.8) is 0 Å². The molecule has 0 amide bonds. The third-order valence-electron chi connectivity index (χ3n) is 2.92. The van der Waals surface area contributed by atoms with Gasteiger partial charge in [0.1, 0.15) is 0 Å². The van der Waals surface area contributed by atoms with Crippen LogP contribution in [0.1, 0.15) is 24.1 Å². The lowest BCUT2D eigenvalue weighted by Gasteiger charge is -2.15. The Morgan fingerprint density at radius 1 is 1.47 bits per heavy atom. The van der Waals surface area contributed by atoms with Crippen molar-refractivity contribution in [2.24, 2.45) is 4.99 Å².